The second kappa shape index (κ2) is 8.05. The van der Waals surface area contributed by atoms with Crippen LogP contribution in [-0.2, 0) is 6.54 Å². The van der Waals surface area contributed by atoms with Gasteiger partial charge in [-0.25, -0.2) is 19.2 Å². The van der Waals surface area contributed by atoms with E-state index < -0.39 is 5.82 Å². The van der Waals surface area contributed by atoms with Crippen molar-refractivity contribution in [2.75, 3.05) is 0 Å². The van der Waals surface area contributed by atoms with Crippen LogP contribution in [0.2, 0.25) is 0 Å². The van der Waals surface area contributed by atoms with Gasteiger partial charge >= 0.3 is 12.0 Å². The number of hydrogen-bond acceptors (Lipinski definition) is 5. The Labute approximate surface area is 143 Å². The molecular formula is C16H19FN4O2S. The van der Waals surface area contributed by atoms with Gasteiger partial charge in [0.15, 0.2) is 5.82 Å². The van der Waals surface area contributed by atoms with E-state index in [-0.39, 0.29) is 24.2 Å². The normalized spacial score (nSPS) is 20.4. The van der Waals surface area contributed by atoms with E-state index in [2.05, 4.69) is 20.6 Å². The maximum absolute atomic E-state index is 12.8. The zero-order valence-electron chi connectivity index (χ0n) is 13.1. The number of urea groups is 1. The smallest absolute Gasteiger partial charge is 0.316 e. The average molecular weight is 350 g/mol. The van der Waals surface area contributed by atoms with Gasteiger partial charge in [-0.1, -0.05) is 6.07 Å². The summed E-state index contributed by atoms with van der Waals surface area (Å²) in [5.41, 5.74) is 0. The lowest BCUT2D eigenvalue weighted by Crippen LogP contribution is -2.44. The Morgan fingerprint density at radius 1 is 1.29 bits per heavy atom. The molecule has 2 N–H and O–H groups in total. The first kappa shape index (κ1) is 16.6. The van der Waals surface area contributed by atoms with Crippen LogP contribution < -0.4 is 15.4 Å². The van der Waals surface area contributed by atoms with E-state index in [1.807, 2.05) is 17.5 Å². The van der Waals surface area contributed by atoms with E-state index in [0.29, 0.717) is 6.54 Å². The molecule has 0 unspecified atom stereocenters. The summed E-state index contributed by atoms with van der Waals surface area (Å²) < 4.78 is 18.4. The van der Waals surface area contributed by atoms with E-state index >= 15 is 0 Å². The first-order valence-corrected chi connectivity index (χ1v) is 8.78. The summed E-state index contributed by atoms with van der Waals surface area (Å²) in [6.45, 7) is 0.545. The molecule has 1 saturated carbocycles. The molecule has 2 aromatic rings. The van der Waals surface area contributed by atoms with E-state index in [1.165, 1.54) is 0 Å². The third kappa shape index (κ3) is 4.89. The highest BCUT2D eigenvalue weighted by atomic mass is 32.1. The molecule has 0 spiro atoms. The molecule has 0 aromatic carbocycles. The Morgan fingerprint density at radius 2 is 2.04 bits per heavy atom. The lowest BCUT2D eigenvalue weighted by Gasteiger charge is -2.28. The third-order valence-electron chi connectivity index (χ3n) is 3.88. The van der Waals surface area contributed by atoms with Gasteiger partial charge in [0.2, 0.25) is 0 Å². The predicted octanol–water partition coefficient (Wildman–Crippen LogP) is 2.87. The first-order valence-electron chi connectivity index (χ1n) is 7.90. The van der Waals surface area contributed by atoms with Gasteiger partial charge in [-0.15, -0.1) is 11.3 Å². The minimum atomic E-state index is -0.483. The van der Waals surface area contributed by atoms with Crippen LogP contribution >= 0.6 is 11.3 Å². The van der Waals surface area contributed by atoms with Crippen LogP contribution in [0.15, 0.2) is 29.9 Å². The number of thiophene rings is 1. The fourth-order valence-corrected chi connectivity index (χ4v) is 3.30. The summed E-state index contributed by atoms with van der Waals surface area (Å²) in [4.78, 5) is 20.6. The second-order valence-corrected chi connectivity index (χ2v) is 6.71. The van der Waals surface area contributed by atoms with E-state index in [9.17, 15) is 9.18 Å². The van der Waals surface area contributed by atoms with Gasteiger partial charge in [0, 0.05) is 10.9 Å². The minimum absolute atomic E-state index is 0.00249. The second-order valence-electron chi connectivity index (χ2n) is 5.68. The van der Waals surface area contributed by atoms with Gasteiger partial charge in [-0.05, 0) is 37.1 Å². The number of halogens is 1. The summed E-state index contributed by atoms with van der Waals surface area (Å²) in [7, 11) is 0. The molecule has 3 rings (SSSR count). The van der Waals surface area contributed by atoms with Gasteiger partial charge in [-0.3, -0.25) is 0 Å². The van der Waals surface area contributed by atoms with Crippen LogP contribution in [-0.4, -0.2) is 28.1 Å². The third-order valence-corrected chi connectivity index (χ3v) is 4.76. The maximum Gasteiger partial charge on any atom is 0.316 e. The van der Waals surface area contributed by atoms with Crippen molar-refractivity contribution in [1.29, 1.82) is 0 Å². The standard InChI is InChI=1S/C16H19FN4O2S/c17-11-8-19-16(20-9-11)23-13-5-3-12(4-6-13)21-15(22)18-10-14-2-1-7-24-14/h1-2,7-9,12-13H,3-6,10H2,(H2,18,21,22). The summed E-state index contributed by atoms with van der Waals surface area (Å²) in [5, 5.41) is 7.84. The van der Waals surface area contributed by atoms with Crippen molar-refractivity contribution in [3.8, 4) is 6.01 Å². The molecule has 128 valence electrons. The number of aromatic nitrogens is 2. The topological polar surface area (TPSA) is 76.1 Å². The minimum Gasteiger partial charge on any atom is -0.460 e. The largest absolute Gasteiger partial charge is 0.460 e. The fourth-order valence-electron chi connectivity index (χ4n) is 2.65. The number of rotatable bonds is 5. The molecule has 0 atom stereocenters. The molecular weight excluding hydrogens is 331 g/mol. The first-order chi connectivity index (χ1) is 11.7. The zero-order valence-corrected chi connectivity index (χ0v) is 13.9. The summed E-state index contributed by atoms with van der Waals surface area (Å²) >= 11 is 1.62. The van der Waals surface area contributed by atoms with Crippen molar-refractivity contribution in [3.63, 3.8) is 0 Å². The Hall–Kier alpha value is -2.22. The van der Waals surface area contributed by atoms with Crippen LogP contribution in [0, 0.1) is 5.82 Å². The molecule has 1 fully saturated rings. The molecule has 2 heterocycles. The Kier molecular flexibility index (Phi) is 5.58. The number of nitrogens with one attached hydrogen (secondary N) is 2. The highest BCUT2D eigenvalue weighted by molar-refractivity contribution is 7.09. The zero-order chi connectivity index (χ0) is 16.8. The van der Waals surface area contributed by atoms with Crippen LogP contribution in [0.4, 0.5) is 9.18 Å². The van der Waals surface area contributed by atoms with Crippen LogP contribution in [0.1, 0.15) is 30.6 Å². The summed E-state index contributed by atoms with van der Waals surface area (Å²) in [6.07, 6.45) is 5.45. The molecule has 1 aliphatic carbocycles. The number of ether oxygens (including phenoxy) is 1. The molecule has 0 saturated heterocycles. The van der Waals surface area contributed by atoms with Crippen LogP contribution in [0.3, 0.4) is 0 Å². The quantitative estimate of drug-likeness (QED) is 0.869. The van der Waals surface area contributed by atoms with Crippen molar-refractivity contribution in [1.82, 2.24) is 20.6 Å². The molecule has 8 heteroatoms. The summed E-state index contributed by atoms with van der Waals surface area (Å²) in [5.74, 6) is -0.483. The van der Waals surface area contributed by atoms with Crippen molar-refractivity contribution in [2.24, 2.45) is 0 Å². The SMILES string of the molecule is O=C(NCc1cccs1)NC1CCC(Oc2ncc(F)cn2)CC1. The molecule has 2 aromatic heterocycles. The van der Waals surface area contributed by atoms with Crippen molar-refractivity contribution < 1.29 is 13.9 Å². The Morgan fingerprint density at radius 3 is 2.71 bits per heavy atom. The average Bonchev–Trinajstić information content (AvgIpc) is 3.10. The molecule has 0 radical (unpaired) electrons. The molecule has 1 aliphatic rings. The maximum atomic E-state index is 12.8. The Bertz CT molecular complexity index is 643. The van der Waals surface area contributed by atoms with E-state index in [1.54, 1.807) is 11.3 Å². The van der Waals surface area contributed by atoms with Crippen LogP contribution in [0.25, 0.3) is 0 Å². The molecule has 0 bridgehead atoms. The van der Waals surface area contributed by atoms with Crippen molar-refractivity contribution >= 4 is 17.4 Å². The van der Waals surface area contributed by atoms with Gasteiger partial charge in [-0.2, -0.15) is 0 Å². The van der Waals surface area contributed by atoms with Crippen molar-refractivity contribution in [3.05, 3.63) is 40.6 Å². The van der Waals surface area contributed by atoms with Crippen LogP contribution in [0.5, 0.6) is 6.01 Å². The number of hydrogen-bond donors (Lipinski definition) is 2. The van der Waals surface area contributed by atoms with E-state index in [0.717, 1.165) is 43.0 Å². The van der Waals surface area contributed by atoms with E-state index in [4.69, 9.17) is 4.74 Å². The fraction of sp³-hybridized carbons (Fsp3) is 0.438. The number of carbonyl (C=O) groups is 1. The number of amides is 2. The van der Waals surface area contributed by atoms with Crippen molar-refractivity contribution in [2.45, 2.75) is 44.4 Å². The summed E-state index contributed by atoms with van der Waals surface area (Å²) in [6, 6.07) is 4.15. The van der Waals surface area contributed by atoms with Gasteiger partial charge in [0.05, 0.1) is 18.9 Å². The van der Waals surface area contributed by atoms with Gasteiger partial charge in [0.1, 0.15) is 6.10 Å². The van der Waals surface area contributed by atoms with Gasteiger partial charge in [0.25, 0.3) is 0 Å². The molecule has 2 amide bonds. The number of carbonyl (C=O) groups excluding carboxylic acids is 1. The predicted molar refractivity (Wildman–Crippen MR) is 88.4 cm³/mol. The molecule has 0 aliphatic heterocycles. The molecule has 24 heavy (non-hydrogen) atoms. The lowest BCUT2D eigenvalue weighted by molar-refractivity contribution is 0.128. The lowest BCUT2D eigenvalue weighted by atomic mass is 9.93. The van der Waals surface area contributed by atoms with Gasteiger partial charge < -0.3 is 15.4 Å². The number of nitrogens with zero attached hydrogens (tertiary/aromatic N) is 2. The highest BCUT2D eigenvalue weighted by Crippen LogP contribution is 2.22. The Balaban J connectivity index is 1.37. The monoisotopic (exact) mass is 350 g/mol. The molecule has 6 nitrogen and oxygen atoms in total. The highest BCUT2D eigenvalue weighted by Gasteiger charge is 2.24.